The van der Waals surface area contributed by atoms with Crippen LogP contribution in [0.5, 0.6) is 0 Å². The van der Waals surface area contributed by atoms with Gasteiger partial charge in [0.05, 0.1) is 11.6 Å². The third-order valence-corrected chi connectivity index (χ3v) is 4.25. The van der Waals surface area contributed by atoms with E-state index in [0.717, 1.165) is 28.1 Å². The minimum absolute atomic E-state index is 0. The number of nitrogens with zero attached hydrogens (tertiary/aromatic N) is 6. The van der Waals surface area contributed by atoms with Gasteiger partial charge in [0.1, 0.15) is 0 Å². The molecule has 0 spiro atoms. The van der Waals surface area contributed by atoms with Gasteiger partial charge in [0.2, 0.25) is 0 Å². The molecule has 0 aliphatic heterocycles. The standard InChI is InChI=1S/C18H22ClN7.HI/c1-20-18(25(3)13-16-10-15(19)12-24(16)2)22-11-14-5-7-21-17(9-14)26-8-4-6-23-26;/h4-10,12H,11,13H2,1-3H3,(H,20,22);1H. The molecule has 0 bridgehead atoms. The number of hydrogen-bond acceptors (Lipinski definition) is 3. The van der Waals surface area contributed by atoms with Crippen molar-refractivity contribution in [2.45, 2.75) is 13.1 Å². The number of hydrogen-bond donors (Lipinski definition) is 1. The van der Waals surface area contributed by atoms with E-state index >= 15 is 0 Å². The molecule has 9 heteroatoms. The van der Waals surface area contributed by atoms with Crippen LogP contribution in [-0.4, -0.2) is 44.3 Å². The predicted molar refractivity (Wildman–Crippen MR) is 119 cm³/mol. The normalized spacial score (nSPS) is 11.2. The number of pyridine rings is 1. The van der Waals surface area contributed by atoms with Gasteiger partial charge in [0, 0.05) is 58.2 Å². The van der Waals surface area contributed by atoms with Gasteiger partial charge in [-0.3, -0.25) is 4.99 Å². The molecule has 0 aliphatic rings. The first-order valence-corrected chi connectivity index (χ1v) is 8.62. The molecule has 7 nitrogen and oxygen atoms in total. The second-order valence-corrected chi connectivity index (χ2v) is 6.43. The molecule has 3 aromatic rings. The van der Waals surface area contributed by atoms with Crippen LogP contribution in [0.1, 0.15) is 11.3 Å². The zero-order valence-electron chi connectivity index (χ0n) is 15.5. The average Bonchev–Trinajstić information content (AvgIpc) is 3.26. The van der Waals surface area contributed by atoms with E-state index in [1.807, 2.05) is 55.3 Å². The molecule has 3 heterocycles. The molecule has 0 unspecified atom stereocenters. The Bertz CT molecular complexity index is 889. The van der Waals surface area contributed by atoms with Crippen molar-refractivity contribution in [3.8, 4) is 5.82 Å². The molecule has 144 valence electrons. The molecule has 27 heavy (non-hydrogen) atoms. The summed E-state index contributed by atoms with van der Waals surface area (Å²) in [5.41, 5.74) is 2.22. The summed E-state index contributed by atoms with van der Waals surface area (Å²) in [6.45, 7) is 1.35. The molecule has 0 saturated heterocycles. The van der Waals surface area contributed by atoms with E-state index < -0.39 is 0 Å². The zero-order valence-corrected chi connectivity index (χ0v) is 18.6. The van der Waals surface area contributed by atoms with Gasteiger partial charge in [-0.15, -0.1) is 24.0 Å². The second kappa shape index (κ2) is 9.75. The maximum Gasteiger partial charge on any atom is 0.194 e. The lowest BCUT2D eigenvalue weighted by Gasteiger charge is -2.22. The molecular formula is C18H23ClIN7. The van der Waals surface area contributed by atoms with Crippen LogP contribution in [0.25, 0.3) is 5.82 Å². The Kier molecular flexibility index (Phi) is 7.66. The first kappa shape index (κ1) is 21.2. The van der Waals surface area contributed by atoms with Gasteiger partial charge in [-0.05, 0) is 29.8 Å². The first-order valence-electron chi connectivity index (χ1n) is 8.24. The number of aliphatic imine (C=N–C) groups is 1. The predicted octanol–water partition coefficient (Wildman–Crippen LogP) is 3.08. The summed E-state index contributed by atoms with van der Waals surface area (Å²) >= 11 is 6.06. The van der Waals surface area contributed by atoms with Gasteiger partial charge < -0.3 is 14.8 Å². The fraction of sp³-hybridized carbons (Fsp3) is 0.278. The number of aromatic nitrogens is 4. The lowest BCUT2D eigenvalue weighted by atomic mass is 10.2. The van der Waals surface area contributed by atoms with Crippen LogP contribution >= 0.6 is 35.6 Å². The van der Waals surface area contributed by atoms with E-state index in [2.05, 4.69) is 25.3 Å². The Hall–Kier alpha value is -2.07. The van der Waals surface area contributed by atoms with Crippen molar-refractivity contribution in [1.29, 1.82) is 0 Å². The van der Waals surface area contributed by atoms with Crippen LogP contribution in [0.4, 0.5) is 0 Å². The molecule has 0 amide bonds. The Balaban J connectivity index is 0.00000261. The van der Waals surface area contributed by atoms with E-state index in [1.165, 1.54) is 0 Å². The summed E-state index contributed by atoms with van der Waals surface area (Å²) in [5.74, 6) is 1.59. The van der Waals surface area contributed by atoms with Crippen molar-refractivity contribution in [1.82, 2.24) is 29.5 Å². The largest absolute Gasteiger partial charge is 0.352 e. The number of rotatable bonds is 5. The third kappa shape index (κ3) is 5.46. The van der Waals surface area contributed by atoms with E-state index in [9.17, 15) is 0 Å². The number of aryl methyl sites for hydroxylation is 1. The minimum atomic E-state index is 0. The van der Waals surface area contributed by atoms with Crippen molar-refractivity contribution >= 4 is 41.5 Å². The fourth-order valence-electron chi connectivity index (χ4n) is 2.71. The summed E-state index contributed by atoms with van der Waals surface area (Å²) < 4.78 is 3.76. The monoisotopic (exact) mass is 499 g/mol. The molecule has 0 atom stereocenters. The number of guanidine groups is 1. The highest BCUT2D eigenvalue weighted by atomic mass is 127. The fourth-order valence-corrected chi connectivity index (χ4v) is 2.98. The van der Waals surface area contributed by atoms with E-state index in [1.54, 1.807) is 24.1 Å². The Morgan fingerprint density at radius 1 is 1.33 bits per heavy atom. The quantitative estimate of drug-likeness (QED) is 0.333. The Morgan fingerprint density at radius 2 is 2.15 bits per heavy atom. The summed E-state index contributed by atoms with van der Waals surface area (Å²) in [7, 11) is 5.76. The lowest BCUT2D eigenvalue weighted by molar-refractivity contribution is 0.461. The molecule has 0 fully saturated rings. The molecule has 3 aromatic heterocycles. The minimum Gasteiger partial charge on any atom is -0.352 e. The summed E-state index contributed by atoms with van der Waals surface area (Å²) in [4.78, 5) is 10.8. The maximum absolute atomic E-state index is 6.06. The number of nitrogens with one attached hydrogen (secondary N) is 1. The van der Waals surface area contributed by atoms with Crippen LogP contribution < -0.4 is 5.32 Å². The highest BCUT2D eigenvalue weighted by Crippen LogP contribution is 2.14. The summed E-state index contributed by atoms with van der Waals surface area (Å²) in [6, 6.07) is 7.82. The molecule has 0 saturated carbocycles. The van der Waals surface area contributed by atoms with Crippen LogP contribution in [0, 0.1) is 0 Å². The zero-order chi connectivity index (χ0) is 18.5. The van der Waals surface area contributed by atoms with Crippen molar-refractivity contribution in [2.24, 2.45) is 12.0 Å². The smallest absolute Gasteiger partial charge is 0.194 e. The lowest BCUT2D eigenvalue weighted by Crippen LogP contribution is -2.38. The highest BCUT2D eigenvalue weighted by Gasteiger charge is 2.10. The Morgan fingerprint density at radius 3 is 2.78 bits per heavy atom. The maximum atomic E-state index is 6.06. The second-order valence-electron chi connectivity index (χ2n) is 5.99. The van der Waals surface area contributed by atoms with Gasteiger partial charge in [0.25, 0.3) is 0 Å². The van der Waals surface area contributed by atoms with E-state index in [4.69, 9.17) is 11.6 Å². The van der Waals surface area contributed by atoms with Crippen LogP contribution in [0.2, 0.25) is 5.02 Å². The average molecular weight is 500 g/mol. The van der Waals surface area contributed by atoms with Crippen molar-refractivity contribution in [3.63, 3.8) is 0 Å². The molecular weight excluding hydrogens is 477 g/mol. The molecule has 3 rings (SSSR count). The van der Waals surface area contributed by atoms with Crippen molar-refractivity contribution in [2.75, 3.05) is 14.1 Å². The topological polar surface area (TPSA) is 63.3 Å². The van der Waals surface area contributed by atoms with Gasteiger partial charge in [-0.2, -0.15) is 5.10 Å². The number of halogens is 2. The van der Waals surface area contributed by atoms with Crippen LogP contribution in [0.3, 0.4) is 0 Å². The van der Waals surface area contributed by atoms with Gasteiger partial charge in [-0.25, -0.2) is 9.67 Å². The first-order chi connectivity index (χ1) is 12.6. The van der Waals surface area contributed by atoms with Crippen LogP contribution in [0.15, 0.2) is 54.0 Å². The van der Waals surface area contributed by atoms with Gasteiger partial charge in [-0.1, -0.05) is 11.6 Å². The third-order valence-electron chi connectivity index (χ3n) is 4.05. The van der Waals surface area contributed by atoms with Gasteiger partial charge in [0.15, 0.2) is 11.8 Å². The molecule has 1 N–H and O–H groups in total. The summed E-state index contributed by atoms with van der Waals surface area (Å²) in [6.07, 6.45) is 7.29. The molecule has 0 radical (unpaired) electrons. The SMILES string of the molecule is CN=C(NCc1ccnc(-n2cccn2)c1)N(C)Cc1cc(Cl)cn1C.I. The molecule has 0 aromatic carbocycles. The van der Waals surface area contributed by atoms with Crippen molar-refractivity contribution in [3.05, 3.63) is 65.3 Å². The van der Waals surface area contributed by atoms with Gasteiger partial charge >= 0.3 is 0 Å². The van der Waals surface area contributed by atoms with Crippen LogP contribution in [-0.2, 0) is 20.1 Å². The summed E-state index contributed by atoms with van der Waals surface area (Å²) in [5, 5.41) is 8.33. The molecule has 0 aliphatic carbocycles. The van der Waals surface area contributed by atoms with E-state index in [0.29, 0.717) is 13.1 Å². The van der Waals surface area contributed by atoms with Crippen molar-refractivity contribution < 1.29 is 0 Å². The highest BCUT2D eigenvalue weighted by molar-refractivity contribution is 14.0. The van der Waals surface area contributed by atoms with E-state index in [-0.39, 0.29) is 24.0 Å². The Labute approximate surface area is 181 Å².